The number of hydrogen-bond acceptors (Lipinski definition) is 2. The lowest BCUT2D eigenvalue weighted by Gasteiger charge is -2.08. The first-order chi connectivity index (χ1) is 7.20. The van der Waals surface area contributed by atoms with E-state index in [2.05, 4.69) is 13.2 Å². The van der Waals surface area contributed by atoms with E-state index in [1.807, 2.05) is 12.2 Å². The van der Waals surface area contributed by atoms with E-state index < -0.39 is 6.10 Å². The Morgan fingerprint density at radius 3 is 2.40 bits per heavy atom. The van der Waals surface area contributed by atoms with Crippen LogP contribution in [0.25, 0.3) is 0 Å². The predicted octanol–water partition coefficient (Wildman–Crippen LogP) is 3.02. The summed E-state index contributed by atoms with van der Waals surface area (Å²) in [7, 11) is 0. The molecule has 1 unspecified atom stereocenters. The SMILES string of the molecule is C=CCCCC(=O)CC(O)CCCC=C. The molecule has 0 bridgehead atoms. The smallest absolute Gasteiger partial charge is 0.135 e. The van der Waals surface area contributed by atoms with Crippen molar-refractivity contribution in [2.45, 2.75) is 51.0 Å². The highest BCUT2D eigenvalue weighted by atomic mass is 16.3. The van der Waals surface area contributed by atoms with Crippen molar-refractivity contribution >= 4 is 5.78 Å². The first kappa shape index (κ1) is 14.1. The Morgan fingerprint density at radius 1 is 1.20 bits per heavy atom. The number of rotatable bonds is 10. The molecule has 0 amide bonds. The van der Waals surface area contributed by atoms with E-state index in [0.29, 0.717) is 19.3 Å². The van der Waals surface area contributed by atoms with Gasteiger partial charge in [-0.2, -0.15) is 0 Å². The summed E-state index contributed by atoms with van der Waals surface area (Å²) >= 11 is 0. The third-order valence-corrected chi connectivity index (χ3v) is 2.27. The fraction of sp³-hybridized carbons (Fsp3) is 0.615. The fourth-order valence-electron chi connectivity index (χ4n) is 1.41. The monoisotopic (exact) mass is 210 g/mol. The summed E-state index contributed by atoms with van der Waals surface area (Å²) in [5, 5.41) is 9.53. The normalized spacial score (nSPS) is 12.1. The lowest BCUT2D eigenvalue weighted by atomic mass is 10.0. The zero-order valence-electron chi connectivity index (χ0n) is 9.45. The van der Waals surface area contributed by atoms with Crippen LogP contribution in [0, 0.1) is 0 Å². The highest BCUT2D eigenvalue weighted by Crippen LogP contribution is 2.08. The second-order valence-electron chi connectivity index (χ2n) is 3.80. The Bertz CT molecular complexity index is 197. The van der Waals surface area contributed by atoms with Crippen LogP contribution < -0.4 is 0 Å². The maximum Gasteiger partial charge on any atom is 0.135 e. The lowest BCUT2D eigenvalue weighted by molar-refractivity contribution is -0.121. The second-order valence-corrected chi connectivity index (χ2v) is 3.80. The molecule has 0 heterocycles. The van der Waals surface area contributed by atoms with Gasteiger partial charge >= 0.3 is 0 Å². The molecule has 0 saturated heterocycles. The molecule has 2 nitrogen and oxygen atoms in total. The van der Waals surface area contributed by atoms with Gasteiger partial charge < -0.3 is 5.11 Å². The number of carbonyl (C=O) groups excluding carboxylic acids is 1. The van der Waals surface area contributed by atoms with Crippen molar-refractivity contribution in [3.05, 3.63) is 25.3 Å². The van der Waals surface area contributed by atoms with E-state index in [1.54, 1.807) is 0 Å². The molecule has 0 radical (unpaired) electrons. The van der Waals surface area contributed by atoms with Crippen molar-refractivity contribution in [1.29, 1.82) is 0 Å². The van der Waals surface area contributed by atoms with Crippen LogP contribution in [-0.2, 0) is 4.79 Å². The van der Waals surface area contributed by atoms with E-state index in [0.717, 1.165) is 25.7 Å². The third-order valence-electron chi connectivity index (χ3n) is 2.27. The lowest BCUT2D eigenvalue weighted by Crippen LogP contribution is -2.13. The molecule has 0 spiro atoms. The van der Waals surface area contributed by atoms with Crippen molar-refractivity contribution in [2.75, 3.05) is 0 Å². The molecule has 0 aliphatic carbocycles. The molecule has 15 heavy (non-hydrogen) atoms. The van der Waals surface area contributed by atoms with Crippen molar-refractivity contribution in [3.63, 3.8) is 0 Å². The molecule has 0 aromatic heterocycles. The summed E-state index contributed by atoms with van der Waals surface area (Å²) in [6.45, 7) is 7.21. The average molecular weight is 210 g/mol. The first-order valence-corrected chi connectivity index (χ1v) is 5.62. The number of aliphatic hydroxyl groups excluding tert-OH is 1. The number of hydrogen-bond donors (Lipinski definition) is 1. The highest BCUT2D eigenvalue weighted by Gasteiger charge is 2.09. The quantitative estimate of drug-likeness (QED) is 0.444. The van der Waals surface area contributed by atoms with Gasteiger partial charge in [0.05, 0.1) is 6.10 Å². The van der Waals surface area contributed by atoms with Crippen LogP contribution in [0.4, 0.5) is 0 Å². The van der Waals surface area contributed by atoms with E-state index in [1.165, 1.54) is 0 Å². The Hall–Kier alpha value is -0.890. The van der Waals surface area contributed by atoms with Gasteiger partial charge in [0.15, 0.2) is 0 Å². The molecule has 0 aliphatic heterocycles. The number of allylic oxidation sites excluding steroid dienone is 2. The summed E-state index contributed by atoms with van der Waals surface area (Å²) < 4.78 is 0. The van der Waals surface area contributed by atoms with Crippen molar-refractivity contribution in [2.24, 2.45) is 0 Å². The summed E-state index contributed by atoms with van der Waals surface area (Å²) in [5.41, 5.74) is 0. The van der Waals surface area contributed by atoms with E-state index in [9.17, 15) is 9.90 Å². The molecule has 86 valence electrons. The average Bonchev–Trinajstić information content (AvgIpc) is 2.18. The van der Waals surface area contributed by atoms with Gasteiger partial charge in [0.1, 0.15) is 5.78 Å². The fourth-order valence-corrected chi connectivity index (χ4v) is 1.41. The van der Waals surface area contributed by atoms with Crippen molar-refractivity contribution in [3.8, 4) is 0 Å². The van der Waals surface area contributed by atoms with E-state index in [-0.39, 0.29) is 5.78 Å². The second kappa shape index (κ2) is 9.66. The molecule has 0 aliphatic rings. The van der Waals surface area contributed by atoms with Gasteiger partial charge in [-0.1, -0.05) is 12.2 Å². The molecule has 0 aromatic carbocycles. The zero-order valence-corrected chi connectivity index (χ0v) is 9.45. The van der Waals surface area contributed by atoms with E-state index in [4.69, 9.17) is 0 Å². The van der Waals surface area contributed by atoms with Crippen LogP contribution >= 0.6 is 0 Å². The van der Waals surface area contributed by atoms with Crippen molar-refractivity contribution < 1.29 is 9.90 Å². The zero-order chi connectivity index (χ0) is 11.5. The minimum absolute atomic E-state index is 0.156. The molecule has 0 fully saturated rings. The Labute approximate surface area is 92.7 Å². The number of unbranched alkanes of at least 4 members (excludes halogenated alkanes) is 2. The van der Waals surface area contributed by atoms with E-state index >= 15 is 0 Å². The number of Topliss-reactive ketones (excluding diaryl/α,β-unsaturated/α-hetero) is 1. The third kappa shape index (κ3) is 9.42. The molecular formula is C13H22O2. The van der Waals surface area contributed by atoms with Crippen LogP contribution in [-0.4, -0.2) is 17.0 Å². The Balaban J connectivity index is 3.48. The molecule has 1 N–H and O–H groups in total. The summed E-state index contributed by atoms with van der Waals surface area (Å²) in [6.07, 6.45) is 8.26. The topological polar surface area (TPSA) is 37.3 Å². The summed E-state index contributed by atoms with van der Waals surface area (Å²) in [4.78, 5) is 11.3. The van der Waals surface area contributed by atoms with Gasteiger partial charge in [-0.05, 0) is 32.1 Å². The predicted molar refractivity (Wildman–Crippen MR) is 63.7 cm³/mol. The number of aliphatic hydroxyl groups is 1. The highest BCUT2D eigenvalue weighted by molar-refractivity contribution is 5.78. The maximum atomic E-state index is 11.3. The Kier molecular flexibility index (Phi) is 9.08. The largest absolute Gasteiger partial charge is 0.393 e. The maximum absolute atomic E-state index is 11.3. The van der Waals surface area contributed by atoms with Gasteiger partial charge in [0, 0.05) is 12.8 Å². The molecule has 2 heteroatoms. The van der Waals surface area contributed by atoms with Gasteiger partial charge in [-0.15, -0.1) is 13.2 Å². The van der Waals surface area contributed by atoms with Crippen LogP contribution in [0.3, 0.4) is 0 Å². The van der Waals surface area contributed by atoms with Gasteiger partial charge in [-0.25, -0.2) is 0 Å². The number of ketones is 1. The minimum Gasteiger partial charge on any atom is -0.393 e. The molecule has 0 saturated carbocycles. The van der Waals surface area contributed by atoms with Gasteiger partial charge in [-0.3, -0.25) is 4.79 Å². The van der Waals surface area contributed by atoms with Crippen LogP contribution in [0.5, 0.6) is 0 Å². The molecular weight excluding hydrogens is 188 g/mol. The standard InChI is InChI=1S/C13H22O2/c1-3-5-7-9-12(14)11-13(15)10-8-6-4-2/h3-4,12,14H,1-2,5-11H2. The minimum atomic E-state index is -0.471. The summed E-state index contributed by atoms with van der Waals surface area (Å²) in [6, 6.07) is 0. The summed E-state index contributed by atoms with van der Waals surface area (Å²) in [5.74, 6) is 0.156. The van der Waals surface area contributed by atoms with Crippen molar-refractivity contribution in [1.82, 2.24) is 0 Å². The molecule has 0 rings (SSSR count). The van der Waals surface area contributed by atoms with Gasteiger partial charge in [0.25, 0.3) is 0 Å². The van der Waals surface area contributed by atoms with Crippen LogP contribution in [0.15, 0.2) is 25.3 Å². The Morgan fingerprint density at radius 2 is 1.80 bits per heavy atom. The van der Waals surface area contributed by atoms with Gasteiger partial charge in [0.2, 0.25) is 0 Å². The van der Waals surface area contributed by atoms with Crippen LogP contribution in [0.2, 0.25) is 0 Å². The van der Waals surface area contributed by atoms with Crippen LogP contribution in [0.1, 0.15) is 44.9 Å². The molecule has 0 aromatic rings. The first-order valence-electron chi connectivity index (χ1n) is 5.62. The number of carbonyl (C=O) groups is 1. The molecule has 1 atom stereocenters.